The molecule has 0 saturated carbocycles. The van der Waals surface area contributed by atoms with Crippen molar-refractivity contribution in [2.75, 3.05) is 12.8 Å². The SMILES string of the molecule is CC/C(=C(/c1ccc(/C=C/C(=O)O)cc1)c1ccc(N)c(C=N)c1)c1ccc(OC)cc1F. The Morgan fingerprint density at radius 2 is 1.79 bits per heavy atom. The van der Waals surface area contributed by atoms with Crippen molar-refractivity contribution in [2.45, 2.75) is 13.3 Å². The molecule has 0 aliphatic heterocycles. The van der Waals surface area contributed by atoms with Gasteiger partial charge >= 0.3 is 5.97 Å². The van der Waals surface area contributed by atoms with E-state index in [-0.39, 0.29) is 0 Å². The molecule has 0 aliphatic rings. The second-order valence-electron chi connectivity index (χ2n) is 7.33. The van der Waals surface area contributed by atoms with E-state index in [0.29, 0.717) is 29.0 Å². The van der Waals surface area contributed by atoms with Gasteiger partial charge in [0.05, 0.1) is 7.11 Å². The van der Waals surface area contributed by atoms with Gasteiger partial charge in [0, 0.05) is 35.2 Å². The molecule has 0 aliphatic carbocycles. The van der Waals surface area contributed by atoms with Crippen molar-refractivity contribution >= 4 is 35.1 Å². The zero-order chi connectivity index (χ0) is 24.0. The Labute approximate surface area is 192 Å². The number of hydrogen-bond donors (Lipinski definition) is 3. The molecule has 0 saturated heterocycles. The Morgan fingerprint density at radius 1 is 1.09 bits per heavy atom. The molecule has 33 heavy (non-hydrogen) atoms. The minimum absolute atomic E-state index is 0.396. The average molecular weight is 445 g/mol. The van der Waals surface area contributed by atoms with Crippen LogP contribution in [-0.2, 0) is 4.79 Å². The van der Waals surface area contributed by atoms with Gasteiger partial charge in [-0.3, -0.25) is 0 Å². The number of nitrogen functional groups attached to an aromatic ring is 1. The minimum atomic E-state index is -1.02. The fourth-order valence-corrected chi connectivity index (χ4v) is 3.67. The number of halogens is 1. The zero-order valence-corrected chi connectivity index (χ0v) is 18.4. The molecule has 5 nitrogen and oxygen atoms in total. The van der Waals surface area contributed by atoms with E-state index in [0.717, 1.165) is 33.9 Å². The number of carboxylic acid groups (broad SMARTS) is 1. The van der Waals surface area contributed by atoms with E-state index in [9.17, 15) is 4.79 Å². The van der Waals surface area contributed by atoms with Crippen molar-refractivity contribution < 1.29 is 19.0 Å². The number of nitrogens with one attached hydrogen (secondary N) is 1. The van der Waals surface area contributed by atoms with Crippen LogP contribution in [0.3, 0.4) is 0 Å². The number of aliphatic carboxylic acids is 1. The first-order valence-corrected chi connectivity index (χ1v) is 10.4. The van der Waals surface area contributed by atoms with Crippen LogP contribution < -0.4 is 10.5 Å². The summed E-state index contributed by atoms with van der Waals surface area (Å²) in [5, 5.41) is 16.5. The van der Waals surface area contributed by atoms with Crippen LogP contribution in [-0.4, -0.2) is 24.4 Å². The van der Waals surface area contributed by atoms with Gasteiger partial charge in [-0.15, -0.1) is 0 Å². The highest BCUT2D eigenvalue weighted by molar-refractivity contribution is 6.00. The summed E-state index contributed by atoms with van der Waals surface area (Å²) in [7, 11) is 1.49. The molecule has 0 heterocycles. The zero-order valence-electron chi connectivity index (χ0n) is 18.4. The lowest BCUT2D eigenvalue weighted by molar-refractivity contribution is -0.131. The Morgan fingerprint density at radius 3 is 2.36 bits per heavy atom. The fourth-order valence-electron chi connectivity index (χ4n) is 3.67. The molecular formula is C27H25FN2O3. The third-order valence-corrected chi connectivity index (χ3v) is 5.31. The molecule has 4 N–H and O–H groups in total. The lowest BCUT2D eigenvalue weighted by atomic mass is 9.87. The molecule has 3 aromatic carbocycles. The summed E-state index contributed by atoms with van der Waals surface area (Å²) in [6.07, 6.45) is 4.32. The van der Waals surface area contributed by atoms with Crippen molar-refractivity contribution in [2.24, 2.45) is 0 Å². The summed E-state index contributed by atoms with van der Waals surface area (Å²) in [4.78, 5) is 10.8. The number of carboxylic acids is 1. The van der Waals surface area contributed by atoms with Gasteiger partial charge in [0.25, 0.3) is 0 Å². The smallest absolute Gasteiger partial charge is 0.328 e. The van der Waals surface area contributed by atoms with Crippen LogP contribution in [0.15, 0.2) is 66.7 Å². The molecule has 3 rings (SSSR count). The van der Waals surface area contributed by atoms with Gasteiger partial charge in [-0.1, -0.05) is 37.3 Å². The first-order chi connectivity index (χ1) is 15.9. The van der Waals surface area contributed by atoms with Gasteiger partial charge in [-0.25, -0.2) is 9.18 Å². The van der Waals surface area contributed by atoms with E-state index in [1.165, 1.54) is 25.5 Å². The Balaban J connectivity index is 2.26. The van der Waals surface area contributed by atoms with Crippen LogP contribution in [0, 0.1) is 11.2 Å². The van der Waals surface area contributed by atoms with E-state index in [4.69, 9.17) is 21.0 Å². The largest absolute Gasteiger partial charge is 0.497 e. The lowest BCUT2D eigenvalue weighted by Crippen LogP contribution is -2.00. The molecule has 0 aromatic heterocycles. The molecule has 0 unspecified atom stereocenters. The number of benzene rings is 3. The van der Waals surface area contributed by atoms with Crippen molar-refractivity contribution in [1.29, 1.82) is 5.41 Å². The summed E-state index contributed by atoms with van der Waals surface area (Å²) < 4.78 is 20.2. The number of rotatable bonds is 8. The van der Waals surface area contributed by atoms with Crippen LogP contribution in [0.4, 0.5) is 10.1 Å². The molecule has 168 valence electrons. The summed E-state index contributed by atoms with van der Waals surface area (Å²) in [5.74, 6) is -0.988. The van der Waals surface area contributed by atoms with Crippen molar-refractivity contribution in [3.8, 4) is 5.75 Å². The summed E-state index contributed by atoms with van der Waals surface area (Å²) in [5.41, 5.74) is 11.4. The third-order valence-electron chi connectivity index (χ3n) is 5.31. The number of nitrogens with two attached hydrogens (primary N) is 1. The maximum absolute atomic E-state index is 15.1. The summed E-state index contributed by atoms with van der Waals surface area (Å²) in [6, 6.07) is 17.5. The second-order valence-corrected chi connectivity index (χ2v) is 7.33. The third kappa shape index (κ3) is 5.36. The number of methoxy groups -OCH3 is 1. The molecule has 0 amide bonds. The van der Waals surface area contributed by atoms with Gasteiger partial charge in [-0.05, 0) is 64.6 Å². The molecule has 0 spiro atoms. The van der Waals surface area contributed by atoms with Gasteiger partial charge in [0.15, 0.2) is 0 Å². The molecule has 0 fully saturated rings. The second kappa shape index (κ2) is 10.4. The predicted molar refractivity (Wildman–Crippen MR) is 131 cm³/mol. The highest BCUT2D eigenvalue weighted by Crippen LogP contribution is 2.37. The summed E-state index contributed by atoms with van der Waals surface area (Å²) >= 11 is 0. The predicted octanol–water partition coefficient (Wildman–Crippen LogP) is 5.88. The highest BCUT2D eigenvalue weighted by Gasteiger charge is 2.17. The van der Waals surface area contributed by atoms with Crippen LogP contribution >= 0.6 is 0 Å². The van der Waals surface area contributed by atoms with Crippen molar-refractivity contribution in [3.05, 3.63) is 100 Å². The maximum Gasteiger partial charge on any atom is 0.328 e. The van der Waals surface area contributed by atoms with Crippen LogP contribution in [0.5, 0.6) is 5.75 Å². The molecule has 3 aromatic rings. The molecule has 0 radical (unpaired) electrons. The Hall–Kier alpha value is -4.19. The Kier molecular flexibility index (Phi) is 7.41. The van der Waals surface area contributed by atoms with Crippen LogP contribution in [0.1, 0.15) is 41.2 Å². The van der Waals surface area contributed by atoms with Gasteiger partial charge in [-0.2, -0.15) is 0 Å². The Bertz CT molecular complexity index is 1240. The van der Waals surface area contributed by atoms with E-state index >= 15 is 4.39 Å². The minimum Gasteiger partial charge on any atom is -0.497 e. The van der Waals surface area contributed by atoms with Gasteiger partial charge in [0.2, 0.25) is 0 Å². The number of anilines is 1. The molecule has 0 atom stereocenters. The van der Waals surface area contributed by atoms with Gasteiger partial charge in [0.1, 0.15) is 11.6 Å². The topological polar surface area (TPSA) is 96.4 Å². The van der Waals surface area contributed by atoms with E-state index < -0.39 is 11.8 Å². The number of allylic oxidation sites excluding steroid dienone is 1. The van der Waals surface area contributed by atoms with Crippen molar-refractivity contribution in [1.82, 2.24) is 0 Å². The first kappa shape index (κ1) is 23.5. The van der Waals surface area contributed by atoms with E-state index in [1.54, 1.807) is 30.3 Å². The summed E-state index contributed by atoms with van der Waals surface area (Å²) in [6.45, 7) is 1.96. The maximum atomic E-state index is 15.1. The van der Waals surface area contributed by atoms with E-state index in [1.807, 2.05) is 31.2 Å². The molecule has 0 bridgehead atoms. The monoisotopic (exact) mass is 444 g/mol. The molecule has 6 heteroatoms. The van der Waals surface area contributed by atoms with Crippen LogP contribution in [0.25, 0.3) is 17.2 Å². The van der Waals surface area contributed by atoms with Gasteiger partial charge < -0.3 is 21.0 Å². The van der Waals surface area contributed by atoms with Crippen LogP contribution in [0.2, 0.25) is 0 Å². The first-order valence-electron chi connectivity index (χ1n) is 10.4. The number of carbonyl (C=O) groups is 1. The average Bonchev–Trinajstić information content (AvgIpc) is 2.82. The fraction of sp³-hybridized carbons (Fsp3) is 0.111. The molecular weight excluding hydrogens is 419 g/mol. The highest BCUT2D eigenvalue weighted by atomic mass is 19.1. The lowest BCUT2D eigenvalue weighted by Gasteiger charge is -2.18. The standard InChI is InChI=1S/C27H25FN2O3/c1-3-22(23-11-10-21(33-2)15-24(23)28)27(19-9-12-25(30)20(14-19)16-29)18-7-4-17(5-8-18)6-13-26(31)32/h4-16,29H,3,30H2,1-2H3,(H,31,32)/b13-6+,27-22+,29-16?. The quantitative estimate of drug-likeness (QED) is 0.175. The number of ether oxygens (including phenoxy) is 1. The normalized spacial score (nSPS) is 11.8. The number of hydrogen-bond acceptors (Lipinski definition) is 4. The van der Waals surface area contributed by atoms with E-state index in [2.05, 4.69) is 0 Å². The van der Waals surface area contributed by atoms with Crippen molar-refractivity contribution in [3.63, 3.8) is 0 Å².